The van der Waals surface area contributed by atoms with Crippen molar-refractivity contribution in [3.05, 3.63) is 35.9 Å². The molecule has 1 amide bonds. The van der Waals surface area contributed by atoms with Crippen LogP contribution in [-0.4, -0.2) is 55.3 Å². The normalized spacial score (nSPS) is 19.2. The lowest BCUT2D eigenvalue weighted by Crippen LogP contribution is -2.56. The zero-order valence-corrected chi connectivity index (χ0v) is 12.7. The Kier molecular flexibility index (Phi) is 5.33. The van der Waals surface area contributed by atoms with Crippen molar-refractivity contribution >= 4 is 5.91 Å². The van der Waals surface area contributed by atoms with E-state index in [1.54, 1.807) is 12.1 Å². The van der Waals surface area contributed by atoms with Crippen molar-refractivity contribution in [2.45, 2.75) is 24.5 Å². The van der Waals surface area contributed by atoms with Gasteiger partial charge in [-0.05, 0) is 32.5 Å². The molecule has 1 aromatic carbocycles. The van der Waals surface area contributed by atoms with Crippen LogP contribution in [0.5, 0.6) is 0 Å². The molecule has 0 aliphatic carbocycles. The van der Waals surface area contributed by atoms with Gasteiger partial charge in [0.2, 0.25) is 0 Å². The number of benzene rings is 1. The maximum Gasteiger partial charge on any atom is 0.253 e. The molecule has 0 bridgehead atoms. The molecule has 1 aliphatic heterocycles. The van der Waals surface area contributed by atoms with E-state index < -0.39 is 6.10 Å². The highest BCUT2D eigenvalue weighted by molar-refractivity contribution is 5.81. The Morgan fingerprint density at radius 2 is 1.95 bits per heavy atom. The van der Waals surface area contributed by atoms with Crippen LogP contribution < -0.4 is 5.32 Å². The van der Waals surface area contributed by atoms with E-state index in [4.69, 9.17) is 4.74 Å². The van der Waals surface area contributed by atoms with Crippen molar-refractivity contribution in [1.29, 1.82) is 0 Å². The van der Waals surface area contributed by atoms with Crippen LogP contribution in [-0.2, 0) is 9.53 Å². The van der Waals surface area contributed by atoms with Crippen molar-refractivity contribution in [1.82, 2.24) is 10.2 Å². The Morgan fingerprint density at radius 1 is 1.33 bits per heavy atom. The predicted octanol–water partition coefficient (Wildman–Crippen LogP) is 0.947. The molecule has 2 rings (SSSR count). The molecule has 0 saturated carbocycles. The molecule has 1 aliphatic rings. The van der Waals surface area contributed by atoms with Gasteiger partial charge in [0, 0.05) is 25.3 Å². The molecular formula is C16H24N2O3. The number of hydrogen-bond acceptors (Lipinski definition) is 4. The Hall–Kier alpha value is -1.43. The van der Waals surface area contributed by atoms with Gasteiger partial charge in [-0.25, -0.2) is 0 Å². The minimum atomic E-state index is -1.12. The van der Waals surface area contributed by atoms with Crippen molar-refractivity contribution in [3.63, 3.8) is 0 Å². The Morgan fingerprint density at radius 3 is 2.52 bits per heavy atom. The number of hydrogen-bond donors (Lipinski definition) is 2. The smallest absolute Gasteiger partial charge is 0.253 e. The number of ether oxygens (including phenoxy) is 1. The third kappa shape index (κ3) is 3.81. The first-order valence-corrected chi connectivity index (χ1v) is 7.31. The summed E-state index contributed by atoms with van der Waals surface area (Å²) in [5, 5.41) is 13.0. The van der Waals surface area contributed by atoms with Crippen LogP contribution in [0.2, 0.25) is 0 Å². The summed E-state index contributed by atoms with van der Waals surface area (Å²) in [6, 6.07) is 8.98. The van der Waals surface area contributed by atoms with E-state index in [2.05, 4.69) is 10.2 Å². The van der Waals surface area contributed by atoms with Gasteiger partial charge in [0.1, 0.15) is 0 Å². The number of likely N-dealkylation sites (N-methyl/N-ethyl adjacent to an activating group) is 1. The van der Waals surface area contributed by atoms with E-state index >= 15 is 0 Å². The van der Waals surface area contributed by atoms with Gasteiger partial charge in [0.05, 0.1) is 0 Å². The minimum absolute atomic E-state index is 0.0929. The average molecular weight is 292 g/mol. The molecule has 116 valence electrons. The lowest BCUT2D eigenvalue weighted by molar-refractivity contribution is -0.130. The van der Waals surface area contributed by atoms with Crippen molar-refractivity contribution in [2.24, 2.45) is 0 Å². The molecule has 1 aromatic rings. The Labute approximate surface area is 125 Å². The molecule has 0 radical (unpaired) electrons. The number of nitrogens with one attached hydrogen (secondary N) is 1. The van der Waals surface area contributed by atoms with Gasteiger partial charge in [0.25, 0.3) is 5.91 Å². The summed E-state index contributed by atoms with van der Waals surface area (Å²) >= 11 is 0. The second kappa shape index (κ2) is 7.02. The second-order valence-corrected chi connectivity index (χ2v) is 5.76. The lowest BCUT2D eigenvalue weighted by Gasteiger charge is -2.43. The molecule has 0 spiro atoms. The van der Waals surface area contributed by atoms with Gasteiger partial charge in [-0.2, -0.15) is 0 Å². The lowest BCUT2D eigenvalue weighted by atomic mass is 9.88. The number of carbonyl (C=O) groups is 1. The van der Waals surface area contributed by atoms with Gasteiger partial charge >= 0.3 is 0 Å². The number of amides is 1. The summed E-state index contributed by atoms with van der Waals surface area (Å²) in [7, 11) is 4.04. The molecule has 1 unspecified atom stereocenters. The van der Waals surface area contributed by atoms with Crippen LogP contribution in [0.15, 0.2) is 30.3 Å². The van der Waals surface area contributed by atoms with E-state index in [0.717, 1.165) is 12.8 Å². The highest BCUT2D eigenvalue weighted by Crippen LogP contribution is 2.25. The maximum absolute atomic E-state index is 12.1. The fourth-order valence-electron chi connectivity index (χ4n) is 2.67. The third-order valence-electron chi connectivity index (χ3n) is 4.33. The van der Waals surface area contributed by atoms with Crippen LogP contribution in [0.4, 0.5) is 0 Å². The first-order valence-electron chi connectivity index (χ1n) is 7.31. The molecule has 1 heterocycles. The molecule has 5 nitrogen and oxygen atoms in total. The van der Waals surface area contributed by atoms with Gasteiger partial charge in [0.15, 0.2) is 6.10 Å². The van der Waals surface area contributed by atoms with Crippen molar-refractivity contribution in [2.75, 3.05) is 33.9 Å². The summed E-state index contributed by atoms with van der Waals surface area (Å²) in [6.07, 6.45) is 0.633. The second-order valence-electron chi connectivity index (χ2n) is 5.76. The summed E-state index contributed by atoms with van der Waals surface area (Å²) in [6.45, 7) is 1.93. The predicted molar refractivity (Wildman–Crippen MR) is 80.9 cm³/mol. The fourth-order valence-corrected chi connectivity index (χ4v) is 2.67. The summed E-state index contributed by atoms with van der Waals surface area (Å²) in [5.41, 5.74) is 0.519. The monoisotopic (exact) mass is 292 g/mol. The highest BCUT2D eigenvalue weighted by atomic mass is 16.5. The van der Waals surface area contributed by atoms with Gasteiger partial charge in [-0.15, -0.1) is 0 Å². The van der Waals surface area contributed by atoms with Crippen molar-refractivity contribution in [3.8, 4) is 0 Å². The van der Waals surface area contributed by atoms with Crippen LogP contribution in [0.1, 0.15) is 24.5 Å². The van der Waals surface area contributed by atoms with Gasteiger partial charge in [-0.3, -0.25) is 4.79 Å². The van der Waals surface area contributed by atoms with E-state index in [-0.39, 0.29) is 11.4 Å². The summed E-state index contributed by atoms with van der Waals surface area (Å²) in [5.74, 6) is -0.353. The summed E-state index contributed by atoms with van der Waals surface area (Å²) in [4.78, 5) is 14.3. The Balaban J connectivity index is 1.96. The molecule has 1 fully saturated rings. The average Bonchev–Trinajstić information content (AvgIpc) is 2.53. The quantitative estimate of drug-likeness (QED) is 0.848. The molecule has 1 atom stereocenters. The maximum atomic E-state index is 12.1. The number of nitrogens with zero attached hydrogens (tertiary/aromatic N) is 1. The van der Waals surface area contributed by atoms with Crippen LogP contribution in [0, 0.1) is 0 Å². The Bertz CT molecular complexity index is 456. The van der Waals surface area contributed by atoms with Gasteiger partial charge < -0.3 is 20.1 Å². The van der Waals surface area contributed by atoms with Crippen LogP contribution in [0.25, 0.3) is 0 Å². The zero-order valence-electron chi connectivity index (χ0n) is 12.7. The molecule has 21 heavy (non-hydrogen) atoms. The zero-order chi connectivity index (χ0) is 15.3. The topological polar surface area (TPSA) is 61.8 Å². The van der Waals surface area contributed by atoms with E-state index in [9.17, 15) is 9.90 Å². The molecule has 5 heteroatoms. The molecular weight excluding hydrogens is 268 g/mol. The standard InChI is InChI=1S/C16H24N2O3/c1-18(2)16(8-10-21-11-9-16)12-17-15(20)14(19)13-6-4-3-5-7-13/h3-7,14,19H,8-12H2,1-2H3,(H,17,20). The highest BCUT2D eigenvalue weighted by Gasteiger charge is 2.35. The fraction of sp³-hybridized carbons (Fsp3) is 0.562. The number of rotatable bonds is 5. The number of aliphatic hydroxyl groups excluding tert-OH is 1. The van der Waals surface area contributed by atoms with Gasteiger partial charge in [-0.1, -0.05) is 30.3 Å². The molecule has 0 aromatic heterocycles. The van der Waals surface area contributed by atoms with Crippen molar-refractivity contribution < 1.29 is 14.6 Å². The molecule has 1 saturated heterocycles. The first kappa shape index (κ1) is 15.9. The summed E-state index contributed by atoms with van der Waals surface area (Å²) < 4.78 is 5.41. The number of aliphatic hydroxyl groups is 1. The van der Waals surface area contributed by atoms with Crippen LogP contribution in [0.3, 0.4) is 0 Å². The molecule has 2 N–H and O–H groups in total. The van der Waals surface area contributed by atoms with E-state index in [1.165, 1.54) is 0 Å². The van der Waals surface area contributed by atoms with E-state index in [0.29, 0.717) is 25.3 Å². The SMILES string of the molecule is CN(C)C1(CNC(=O)C(O)c2ccccc2)CCOCC1. The van der Waals surface area contributed by atoms with E-state index in [1.807, 2.05) is 32.3 Å². The third-order valence-corrected chi connectivity index (χ3v) is 4.33. The minimum Gasteiger partial charge on any atom is -0.381 e. The number of carbonyl (C=O) groups excluding carboxylic acids is 1. The van der Waals surface area contributed by atoms with Crippen LogP contribution >= 0.6 is 0 Å². The largest absolute Gasteiger partial charge is 0.381 e. The first-order chi connectivity index (χ1) is 10.1.